The van der Waals surface area contributed by atoms with E-state index < -0.39 is 59.1 Å². The third-order valence-corrected chi connectivity index (χ3v) is 11.4. The second-order valence-electron chi connectivity index (χ2n) is 6.55. The van der Waals surface area contributed by atoms with Gasteiger partial charge in [-0.25, -0.2) is 38.8 Å². The predicted octanol–water partition coefficient (Wildman–Crippen LogP) is 2.38. The Kier molecular flexibility index (Phi) is 5.54. The molecule has 2 aliphatic rings. The Morgan fingerprint density at radius 2 is 1.00 bits per heavy atom. The summed E-state index contributed by atoms with van der Waals surface area (Å²) in [5.41, 5.74) is 0. The van der Waals surface area contributed by atoms with Gasteiger partial charge >= 0.3 is 0 Å². The number of alkyl halides is 5. The average Bonchev–Trinajstić information content (AvgIpc) is 2.51. The number of hydrogen-bond acceptors (Lipinski definition) is 4. The highest BCUT2D eigenvalue weighted by Gasteiger charge is 2.62. The van der Waals surface area contributed by atoms with Crippen molar-refractivity contribution in [1.29, 1.82) is 0 Å². The topological polar surface area (TPSA) is 68.3 Å². The third kappa shape index (κ3) is 3.06. The largest absolute Gasteiger partial charge is 0.262 e. The minimum absolute atomic E-state index is 0.0206. The molecule has 142 valence electrons. The summed E-state index contributed by atoms with van der Waals surface area (Å²) in [6.07, 6.45) is -15.5. The summed E-state index contributed by atoms with van der Waals surface area (Å²) >= 11 is 0. The molecule has 2 rings (SSSR count). The Morgan fingerprint density at radius 3 is 1.42 bits per heavy atom. The van der Waals surface area contributed by atoms with E-state index in [1.54, 1.807) is 0 Å². The lowest BCUT2D eigenvalue weighted by atomic mass is 9.91. The summed E-state index contributed by atoms with van der Waals surface area (Å²) in [7, 11) is -10.7. The van der Waals surface area contributed by atoms with E-state index in [1.165, 1.54) is 0 Å². The average molecular weight is 398 g/mol. The zero-order valence-corrected chi connectivity index (χ0v) is 14.4. The van der Waals surface area contributed by atoms with E-state index >= 15 is 0 Å². The molecule has 2 fully saturated rings. The van der Waals surface area contributed by atoms with E-state index in [2.05, 4.69) is 0 Å². The lowest BCUT2D eigenvalue weighted by molar-refractivity contribution is -0.0472. The van der Waals surface area contributed by atoms with Crippen LogP contribution >= 0.6 is 0 Å². The Bertz CT molecular complexity index is 644. The molecule has 0 saturated heterocycles. The molecule has 0 aromatic heterocycles. The van der Waals surface area contributed by atoms with Gasteiger partial charge in [0.2, 0.25) is 0 Å². The Hall–Kier alpha value is -0.450. The highest BCUT2D eigenvalue weighted by atomic mass is 33.2. The molecule has 0 aromatic carbocycles. The van der Waals surface area contributed by atoms with Gasteiger partial charge in [-0.15, -0.1) is 0 Å². The van der Waals surface area contributed by atoms with Crippen molar-refractivity contribution < 1.29 is 38.8 Å². The maximum Gasteiger partial charge on any atom is 0.262 e. The summed E-state index contributed by atoms with van der Waals surface area (Å²) in [5, 5.41) is -4.48. The SMILES string of the molecule is CC1CCC(S(=O)(=O)S(=O)(=O)C2C(F)C(F)C(F)C(F)C2F)CC1. The van der Waals surface area contributed by atoms with Crippen molar-refractivity contribution in [3.8, 4) is 0 Å². The first-order chi connectivity index (χ1) is 10.9. The van der Waals surface area contributed by atoms with Crippen molar-refractivity contribution in [3.63, 3.8) is 0 Å². The fourth-order valence-corrected chi connectivity index (χ4v) is 9.00. The fraction of sp³-hybridized carbons (Fsp3) is 1.00. The lowest BCUT2D eigenvalue weighted by Gasteiger charge is -2.36. The molecule has 4 atom stereocenters. The van der Waals surface area contributed by atoms with Gasteiger partial charge in [0.25, 0.3) is 17.7 Å². The van der Waals surface area contributed by atoms with Crippen molar-refractivity contribution in [2.75, 3.05) is 0 Å². The molecule has 0 bridgehead atoms. The van der Waals surface area contributed by atoms with Crippen LogP contribution in [0.1, 0.15) is 32.6 Å². The molecule has 0 spiro atoms. The zero-order chi connectivity index (χ0) is 18.4. The van der Waals surface area contributed by atoms with Gasteiger partial charge in [0.1, 0.15) is 5.25 Å². The molecule has 4 unspecified atom stereocenters. The highest BCUT2D eigenvalue weighted by molar-refractivity contribution is 8.67. The normalized spacial score (nSPS) is 45.1. The Labute approximate surface area is 137 Å². The molecular weight excluding hydrogens is 379 g/mol. The van der Waals surface area contributed by atoms with E-state index in [0.717, 1.165) is 0 Å². The number of rotatable bonds is 3. The quantitative estimate of drug-likeness (QED) is 0.541. The number of hydrogen-bond donors (Lipinski definition) is 0. The second-order valence-corrected chi connectivity index (χ2v) is 12.5. The molecule has 0 aliphatic heterocycles. The first-order valence-electron chi connectivity index (χ1n) is 7.61. The molecule has 0 heterocycles. The first-order valence-corrected chi connectivity index (χ1v) is 11.2. The van der Waals surface area contributed by atoms with Crippen LogP contribution in [-0.4, -0.2) is 58.2 Å². The van der Waals surface area contributed by atoms with Gasteiger partial charge in [0.15, 0.2) is 30.9 Å². The summed E-state index contributed by atoms with van der Waals surface area (Å²) in [6, 6.07) is 0. The van der Waals surface area contributed by atoms with Crippen LogP contribution in [0.4, 0.5) is 22.0 Å². The Morgan fingerprint density at radius 1 is 0.625 bits per heavy atom. The molecule has 2 aliphatic carbocycles. The third-order valence-electron chi connectivity index (χ3n) is 4.87. The van der Waals surface area contributed by atoms with E-state index in [0.29, 0.717) is 12.8 Å². The monoisotopic (exact) mass is 398 g/mol. The van der Waals surface area contributed by atoms with Crippen molar-refractivity contribution in [3.05, 3.63) is 0 Å². The smallest absolute Gasteiger partial charge is 0.243 e. The van der Waals surface area contributed by atoms with Crippen LogP contribution in [0.25, 0.3) is 0 Å². The Balaban J connectivity index is 2.37. The van der Waals surface area contributed by atoms with Crippen LogP contribution < -0.4 is 0 Å². The van der Waals surface area contributed by atoms with E-state index in [9.17, 15) is 38.8 Å². The molecule has 24 heavy (non-hydrogen) atoms. The van der Waals surface area contributed by atoms with Crippen molar-refractivity contribution in [1.82, 2.24) is 0 Å². The maximum absolute atomic E-state index is 13.9. The van der Waals surface area contributed by atoms with Gasteiger partial charge in [0, 0.05) is 0 Å². The van der Waals surface area contributed by atoms with Gasteiger partial charge in [0.05, 0.1) is 5.25 Å². The molecular formula is C13H19F5O4S2. The predicted molar refractivity (Wildman–Crippen MR) is 77.5 cm³/mol. The van der Waals surface area contributed by atoms with Gasteiger partial charge < -0.3 is 0 Å². The first kappa shape index (κ1) is 19.9. The summed E-state index contributed by atoms with van der Waals surface area (Å²) in [5.74, 6) is 0.175. The lowest BCUT2D eigenvalue weighted by Crippen LogP contribution is -2.60. The molecule has 0 N–H and O–H groups in total. The van der Waals surface area contributed by atoms with Crippen LogP contribution in [0.15, 0.2) is 0 Å². The fourth-order valence-electron chi connectivity index (χ4n) is 3.25. The molecule has 0 aromatic rings. The van der Waals surface area contributed by atoms with Crippen molar-refractivity contribution >= 4 is 17.7 Å². The number of halogens is 5. The van der Waals surface area contributed by atoms with E-state index in [1.807, 2.05) is 6.92 Å². The molecule has 0 radical (unpaired) electrons. The molecule has 0 amide bonds. The van der Waals surface area contributed by atoms with Crippen molar-refractivity contribution in [2.24, 2.45) is 5.92 Å². The van der Waals surface area contributed by atoms with Gasteiger partial charge in [-0.2, -0.15) is 0 Å². The van der Waals surface area contributed by atoms with Crippen molar-refractivity contribution in [2.45, 2.75) is 74.0 Å². The van der Waals surface area contributed by atoms with Gasteiger partial charge in [-0.1, -0.05) is 6.92 Å². The van der Waals surface area contributed by atoms with E-state index in [4.69, 9.17) is 0 Å². The van der Waals surface area contributed by atoms with Crippen LogP contribution in [0.5, 0.6) is 0 Å². The molecule has 2 saturated carbocycles. The van der Waals surface area contributed by atoms with Crippen LogP contribution in [0, 0.1) is 5.92 Å². The summed E-state index contributed by atoms with van der Waals surface area (Å²) < 4.78 is 117. The van der Waals surface area contributed by atoms with Gasteiger partial charge in [-0.05, 0) is 31.6 Å². The van der Waals surface area contributed by atoms with Crippen LogP contribution in [0.3, 0.4) is 0 Å². The summed E-state index contributed by atoms with van der Waals surface area (Å²) in [4.78, 5) is 0. The highest BCUT2D eigenvalue weighted by Crippen LogP contribution is 2.40. The van der Waals surface area contributed by atoms with Crippen LogP contribution in [-0.2, 0) is 17.7 Å². The van der Waals surface area contributed by atoms with E-state index in [-0.39, 0.29) is 18.8 Å². The standard InChI is InChI=1S/C13H19F5O4S2/c1-6-2-4-7(5-3-6)23(19,20)24(21,22)13-11(17)9(15)8(14)10(16)12(13)18/h6-13H,2-5H2,1H3. The maximum atomic E-state index is 13.9. The molecule has 11 heteroatoms. The minimum atomic E-state index is -5.59. The molecule has 4 nitrogen and oxygen atoms in total. The minimum Gasteiger partial charge on any atom is -0.243 e. The van der Waals surface area contributed by atoms with Gasteiger partial charge in [-0.3, -0.25) is 0 Å². The summed E-state index contributed by atoms with van der Waals surface area (Å²) in [6.45, 7) is 1.84. The zero-order valence-electron chi connectivity index (χ0n) is 12.8. The van der Waals surface area contributed by atoms with Crippen LogP contribution in [0.2, 0.25) is 0 Å². The second kappa shape index (κ2) is 6.69.